The third-order valence-corrected chi connectivity index (χ3v) is 3.20. The van der Waals surface area contributed by atoms with Crippen LogP contribution in [0.25, 0.3) is 0 Å². The molecular formula is C15H17ClN2O. The summed E-state index contributed by atoms with van der Waals surface area (Å²) in [7, 11) is 3.55. The molecule has 19 heavy (non-hydrogen) atoms. The first kappa shape index (κ1) is 13.8. The number of hydrogen-bond acceptors (Lipinski definition) is 3. The molecule has 1 atom stereocenters. The molecule has 3 nitrogen and oxygen atoms in total. The minimum atomic E-state index is -0.0476. The van der Waals surface area contributed by atoms with E-state index in [4.69, 9.17) is 16.3 Å². The molecule has 4 heteroatoms. The summed E-state index contributed by atoms with van der Waals surface area (Å²) in [5.41, 5.74) is 3.05. The number of nitrogens with zero attached hydrogens (tertiary/aromatic N) is 1. The molecule has 0 spiro atoms. The summed E-state index contributed by atoms with van der Waals surface area (Å²) in [6.45, 7) is 2.03. The molecule has 2 aromatic rings. The molecule has 0 fully saturated rings. The van der Waals surface area contributed by atoms with E-state index in [2.05, 4.69) is 16.4 Å². The smallest absolute Gasteiger partial charge is 0.142 e. The molecule has 100 valence electrons. The fourth-order valence-corrected chi connectivity index (χ4v) is 2.48. The van der Waals surface area contributed by atoms with Crippen molar-refractivity contribution in [2.24, 2.45) is 0 Å². The third kappa shape index (κ3) is 3.06. The van der Waals surface area contributed by atoms with Crippen LogP contribution in [0.3, 0.4) is 0 Å². The number of ether oxygens (including phenoxy) is 1. The van der Waals surface area contributed by atoms with Crippen molar-refractivity contribution in [1.82, 2.24) is 10.3 Å². The molecule has 0 aliphatic carbocycles. The molecule has 1 heterocycles. The van der Waals surface area contributed by atoms with Crippen LogP contribution in [0.4, 0.5) is 0 Å². The molecule has 0 aliphatic rings. The number of aryl methyl sites for hydroxylation is 1. The zero-order chi connectivity index (χ0) is 13.8. The summed E-state index contributed by atoms with van der Waals surface area (Å²) in [4.78, 5) is 4.43. The van der Waals surface area contributed by atoms with Crippen molar-refractivity contribution in [3.8, 4) is 5.75 Å². The quantitative estimate of drug-likeness (QED) is 0.930. The van der Waals surface area contributed by atoms with E-state index in [0.29, 0.717) is 0 Å². The largest absolute Gasteiger partial charge is 0.495 e. The standard InChI is InChI=1S/C15H17ClN2O/c1-10-7-11(9-12(16)8-10)14(17-2)15-13(19-3)5-4-6-18-15/h4-9,14,17H,1-3H3. The van der Waals surface area contributed by atoms with Gasteiger partial charge in [0.15, 0.2) is 0 Å². The van der Waals surface area contributed by atoms with Gasteiger partial charge in [-0.15, -0.1) is 0 Å². The van der Waals surface area contributed by atoms with Crippen molar-refractivity contribution in [1.29, 1.82) is 0 Å². The lowest BCUT2D eigenvalue weighted by Gasteiger charge is -2.19. The lowest BCUT2D eigenvalue weighted by Crippen LogP contribution is -2.19. The maximum absolute atomic E-state index is 6.13. The summed E-state index contributed by atoms with van der Waals surface area (Å²) in [6.07, 6.45) is 1.76. The Kier molecular flexibility index (Phi) is 4.40. The Morgan fingerprint density at radius 1 is 1.32 bits per heavy atom. The summed E-state index contributed by atoms with van der Waals surface area (Å²) in [6, 6.07) is 9.70. The second kappa shape index (κ2) is 6.04. The van der Waals surface area contributed by atoms with Crippen molar-refractivity contribution in [3.05, 3.63) is 58.4 Å². The highest BCUT2D eigenvalue weighted by molar-refractivity contribution is 6.30. The predicted octanol–water partition coefficient (Wildman–Crippen LogP) is 3.36. The monoisotopic (exact) mass is 276 g/mol. The molecule has 0 saturated heterocycles. The predicted molar refractivity (Wildman–Crippen MR) is 77.9 cm³/mol. The second-order valence-electron chi connectivity index (χ2n) is 4.37. The van der Waals surface area contributed by atoms with E-state index in [9.17, 15) is 0 Å². The van der Waals surface area contributed by atoms with E-state index in [-0.39, 0.29) is 6.04 Å². The fourth-order valence-electron chi connectivity index (χ4n) is 2.18. The number of halogens is 1. The lowest BCUT2D eigenvalue weighted by atomic mass is 10.0. The first-order valence-electron chi connectivity index (χ1n) is 6.09. The van der Waals surface area contributed by atoms with Crippen LogP contribution >= 0.6 is 11.6 Å². The molecule has 1 N–H and O–H groups in total. The number of pyridine rings is 1. The zero-order valence-electron chi connectivity index (χ0n) is 11.3. The maximum Gasteiger partial charge on any atom is 0.142 e. The van der Waals surface area contributed by atoms with Crippen molar-refractivity contribution in [3.63, 3.8) is 0 Å². The van der Waals surface area contributed by atoms with Crippen LogP contribution < -0.4 is 10.1 Å². The van der Waals surface area contributed by atoms with Gasteiger partial charge in [-0.1, -0.05) is 17.7 Å². The van der Waals surface area contributed by atoms with Gasteiger partial charge in [-0.05, 0) is 49.4 Å². The van der Waals surface area contributed by atoms with Crippen LogP contribution in [0.2, 0.25) is 5.02 Å². The molecule has 1 aromatic heterocycles. The topological polar surface area (TPSA) is 34.2 Å². The number of nitrogens with one attached hydrogen (secondary N) is 1. The Morgan fingerprint density at radius 3 is 2.74 bits per heavy atom. The summed E-state index contributed by atoms with van der Waals surface area (Å²) in [5, 5.41) is 3.99. The molecule has 0 radical (unpaired) electrons. The average molecular weight is 277 g/mol. The fraction of sp³-hybridized carbons (Fsp3) is 0.267. The lowest BCUT2D eigenvalue weighted by molar-refractivity contribution is 0.401. The van der Waals surface area contributed by atoms with Crippen LogP contribution in [0, 0.1) is 6.92 Å². The number of benzene rings is 1. The molecule has 0 bridgehead atoms. The Morgan fingerprint density at radius 2 is 2.11 bits per heavy atom. The zero-order valence-corrected chi connectivity index (χ0v) is 12.0. The molecule has 2 rings (SSSR count). The summed E-state index contributed by atoms with van der Waals surface area (Å²) >= 11 is 6.13. The van der Waals surface area contributed by atoms with Gasteiger partial charge in [0, 0.05) is 11.2 Å². The Labute approximate surface area is 118 Å². The van der Waals surface area contributed by atoms with E-state index < -0.39 is 0 Å². The summed E-state index contributed by atoms with van der Waals surface area (Å²) < 4.78 is 5.37. The Hall–Kier alpha value is -1.58. The number of rotatable bonds is 4. The second-order valence-corrected chi connectivity index (χ2v) is 4.81. The molecular weight excluding hydrogens is 260 g/mol. The van der Waals surface area contributed by atoms with E-state index in [0.717, 1.165) is 27.6 Å². The van der Waals surface area contributed by atoms with E-state index in [1.54, 1.807) is 13.3 Å². The van der Waals surface area contributed by atoms with Gasteiger partial charge in [0.25, 0.3) is 0 Å². The molecule has 1 unspecified atom stereocenters. The number of methoxy groups -OCH3 is 1. The number of hydrogen-bond donors (Lipinski definition) is 1. The van der Waals surface area contributed by atoms with Crippen LogP contribution in [0.1, 0.15) is 22.9 Å². The highest BCUT2D eigenvalue weighted by Gasteiger charge is 2.18. The van der Waals surface area contributed by atoms with Crippen LogP contribution in [0.5, 0.6) is 5.75 Å². The minimum Gasteiger partial charge on any atom is -0.495 e. The van der Waals surface area contributed by atoms with Crippen molar-refractivity contribution in [2.75, 3.05) is 14.2 Å². The average Bonchev–Trinajstić information content (AvgIpc) is 2.39. The van der Waals surface area contributed by atoms with E-state index in [1.807, 2.05) is 38.2 Å². The minimum absolute atomic E-state index is 0.0476. The highest BCUT2D eigenvalue weighted by Crippen LogP contribution is 2.29. The van der Waals surface area contributed by atoms with Crippen LogP contribution in [-0.2, 0) is 0 Å². The van der Waals surface area contributed by atoms with Gasteiger partial charge in [0.1, 0.15) is 11.4 Å². The van der Waals surface area contributed by atoms with Crippen LogP contribution in [0.15, 0.2) is 36.5 Å². The van der Waals surface area contributed by atoms with Gasteiger partial charge in [0.05, 0.1) is 13.2 Å². The van der Waals surface area contributed by atoms with Gasteiger partial charge < -0.3 is 10.1 Å². The normalized spacial score (nSPS) is 12.2. The van der Waals surface area contributed by atoms with E-state index in [1.165, 1.54) is 0 Å². The van der Waals surface area contributed by atoms with Gasteiger partial charge in [0.2, 0.25) is 0 Å². The first-order chi connectivity index (χ1) is 9.15. The van der Waals surface area contributed by atoms with Crippen molar-refractivity contribution < 1.29 is 4.74 Å². The Bertz CT molecular complexity index is 552. The summed E-state index contributed by atoms with van der Waals surface area (Å²) in [5.74, 6) is 0.763. The van der Waals surface area contributed by atoms with Gasteiger partial charge in [-0.3, -0.25) is 4.98 Å². The van der Waals surface area contributed by atoms with Gasteiger partial charge >= 0.3 is 0 Å². The molecule has 1 aromatic carbocycles. The first-order valence-corrected chi connectivity index (χ1v) is 6.46. The SMILES string of the molecule is CNC(c1cc(C)cc(Cl)c1)c1ncccc1OC. The highest BCUT2D eigenvalue weighted by atomic mass is 35.5. The van der Waals surface area contributed by atoms with Crippen molar-refractivity contribution >= 4 is 11.6 Å². The van der Waals surface area contributed by atoms with Gasteiger partial charge in [-0.2, -0.15) is 0 Å². The maximum atomic E-state index is 6.13. The molecule has 0 aliphatic heterocycles. The molecule has 0 saturated carbocycles. The Balaban J connectivity index is 2.49. The molecule has 0 amide bonds. The van der Waals surface area contributed by atoms with Gasteiger partial charge in [-0.25, -0.2) is 0 Å². The number of aromatic nitrogens is 1. The van der Waals surface area contributed by atoms with E-state index >= 15 is 0 Å². The van der Waals surface area contributed by atoms with Crippen LogP contribution in [-0.4, -0.2) is 19.1 Å². The van der Waals surface area contributed by atoms with Crippen molar-refractivity contribution in [2.45, 2.75) is 13.0 Å². The third-order valence-electron chi connectivity index (χ3n) is 2.98.